The van der Waals surface area contributed by atoms with E-state index in [1.807, 2.05) is 19.1 Å². The van der Waals surface area contributed by atoms with Gasteiger partial charge in [0.05, 0.1) is 19.2 Å². The maximum atomic E-state index is 13.7. The molecule has 1 aliphatic heterocycles. The molecule has 10 nitrogen and oxygen atoms in total. The van der Waals surface area contributed by atoms with Crippen molar-refractivity contribution in [3.63, 3.8) is 0 Å². The van der Waals surface area contributed by atoms with Gasteiger partial charge in [-0.05, 0) is 42.8 Å². The van der Waals surface area contributed by atoms with E-state index in [0.29, 0.717) is 23.2 Å². The summed E-state index contributed by atoms with van der Waals surface area (Å²) in [6.07, 6.45) is 4.30. The maximum Gasteiger partial charge on any atom is 0.259 e. The van der Waals surface area contributed by atoms with E-state index in [0.717, 1.165) is 5.56 Å². The molecule has 2 aromatic heterocycles. The summed E-state index contributed by atoms with van der Waals surface area (Å²) in [5.41, 5.74) is 2.81. The molecular weight excluding hydrogens is 510 g/mol. The lowest BCUT2D eigenvalue weighted by molar-refractivity contribution is 0.0313. The Bertz CT molecular complexity index is 1360. The highest BCUT2D eigenvalue weighted by atomic mass is 16.5. The van der Waals surface area contributed by atoms with Crippen molar-refractivity contribution >= 4 is 17.7 Å². The molecule has 40 heavy (non-hydrogen) atoms. The molecule has 0 unspecified atom stereocenters. The number of amides is 3. The number of aromatic nitrogens is 2. The van der Waals surface area contributed by atoms with Gasteiger partial charge in [-0.2, -0.15) is 0 Å². The van der Waals surface area contributed by atoms with E-state index >= 15 is 0 Å². The molecule has 0 fully saturated rings. The van der Waals surface area contributed by atoms with Gasteiger partial charge in [-0.1, -0.05) is 19.1 Å². The van der Waals surface area contributed by atoms with Crippen molar-refractivity contribution < 1.29 is 24.2 Å². The second-order valence-electron chi connectivity index (χ2n) is 10.4. The lowest BCUT2D eigenvalue weighted by atomic mass is 9.98. The van der Waals surface area contributed by atoms with Gasteiger partial charge in [-0.15, -0.1) is 0 Å². The van der Waals surface area contributed by atoms with Crippen LogP contribution >= 0.6 is 0 Å². The number of carbonyl (C=O) groups is 3. The molecule has 0 saturated carbocycles. The minimum absolute atomic E-state index is 0.104. The van der Waals surface area contributed by atoms with Gasteiger partial charge in [-0.25, -0.2) is 4.98 Å². The third-order valence-corrected chi connectivity index (χ3v) is 7.12. The molecule has 210 valence electrons. The number of likely N-dealkylation sites (N-methyl/N-ethyl adjacent to an activating group) is 1. The highest BCUT2D eigenvalue weighted by Gasteiger charge is 2.35. The van der Waals surface area contributed by atoms with Crippen LogP contribution in [0.3, 0.4) is 0 Å². The number of pyridine rings is 2. The van der Waals surface area contributed by atoms with Crippen molar-refractivity contribution in [1.29, 1.82) is 0 Å². The summed E-state index contributed by atoms with van der Waals surface area (Å²) in [5, 5.41) is 9.92. The molecule has 3 atom stereocenters. The smallest absolute Gasteiger partial charge is 0.259 e. The van der Waals surface area contributed by atoms with Crippen molar-refractivity contribution in [3.05, 3.63) is 77.7 Å². The van der Waals surface area contributed by atoms with Crippen molar-refractivity contribution in [2.75, 3.05) is 40.8 Å². The number of ether oxygens (including phenoxy) is 1. The average Bonchev–Trinajstić information content (AvgIpc) is 2.97. The minimum atomic E-state index is -0.467. The fourth-order valence-corrected chi connectivity index (χ4v) is 4.61. The number of nitrogens with zero attached hydrogens (tertiary/aromatic N) is 5. The molecule has 1 N–H and O–H groups in total. The normalized spacial score (nSPS) is 17.6. The van der Waals surface area contributed by atoms with E-state index in [-0.39, 0.29) is 48.2 Å². The summed E-state index contributed by atoms with van der Waals surface area (Å²) in [4.78, 5) is 52.3. The molecule has 0 spiro atoms. The number of benzene rings is 1. The highest BCUT2D eigenvalue weighted by molar-refractivity contribution is 5.98. The van der Waals surface area contributed by atoms with Gasteiger partial charge in [0.15, 0.2) is 0 Å². The largest absolute Gasteiger partial charge is 0.472 e. The molecule has 3 amide bonds. The van der Waals surface area contributed by atoms with Crippen LogP contribution in [-0.2, 0) is 0 Å². The summed E-state index contributed by atoms with van der Waals surface area (Å²) >= 11 is 0. The van der Waals surface area contributed by atoms with E-state index in [4.69, 9.17) is 4.74 Å². The van der Waals surface area contributed by atoms with Crippen molar-refractivity contribution in [2.45, 2.75) is 26.0 Å². The Morgan fingerprint density at radius 2 is 1.70 bits per heavy atom. The van der Waals surface area contributed by atoms with Gasteiger partial charge in [0.1, 0.15) is 11.7 Å². The zero-order chi connectivity index (χ0) is 29.0. The third-order valence-electron chi connectivity index (χ3n) is 7.12. The second kappa shape index (κ2) is 12.3. The number of aliphatic hydroxyl groups is 1. The van der Waals surface area contributed by atoms with Crippen LogP contribution in [0.15, 0.2) is 61.1 Å². The first kappa shape index (κ1) is 28.7. The Hall–Kier alpha value is -4.31. The number of rotatable bonds is 7. The van der Waals surface area contributed by atoms with E-state index < -0.39 is 12.1 Å². The molecule has 3 aromatic rings. The summed E-state index contributed by atoms with van der Waals surface area (Å²) in [6, 6.07) is 11.7. The molecule has 1 aromatic carbocycles. The summed E-state index contributed by atoms with van der Waals surface area (Å²) < 4.78 is 6.33. The summed E-state index contributed by atoms with van der Waals surface area (Å²) in [5.74, 6) is -0.562. The monoisotopic (exact) mass is 545 g/mol. The van der Waals surface area contributed by atoms with E-state index in [9.17, 15) is 19.5 Å². The SMILES string of the molecule is C[C@H]1CN([C@@H](C)CO)C(=O)c2cc(-c3ccc(C(=O)N(C)C)cc3)cnc2O[C@@H]1CN(C)C(=O)c1ccncc1. The van der Waals surface area contributed by atoms with Crippen LogP contribution < -0.4 is 4.74 Å². The molecule has 0 radical (unpaired) electrons. The van der Waals surface area contributed by atoms with E-state index in [1.54, 1.807) is 86.8 Å². The molecule has 3 heterocycles. The molecule has 4 rings (SSSR count). The topological polar surface area (TPSA) is 116 Å². The van der Waals surface area contributed by atoms with Gasteiger partial charge in [0, 0.05) is 68.9 Å². The molecule has 0 saturated heterocycles. The van der Waals surface area contributed by atoms with Crippen molar-refractivity contribution in [1.82, 2.24) is 24.7 Å². The van der Waals surface area contributed by atoms with Crippen LogP contribution in [0.25, 0.3) is 11.1 Å². The summed E-state index contributed by atoms with van der Waals surface area (Å²) in [7, 11) is 5.10. The number of hydrogen-bond acceptors (Lipinski definition) is 7. The quantitative estimate of drug-likeness (QED) is 0.485. The Labute approximate surface area is 234 Å². The Kier molecular flexibility index (Phi) is 8.79. The second-order valence-corrected chi connectivity index (χ2v) is 10.4. The molecule has 0 aliphatic carbocycles. The fraction of sp³-hybridized carbons (Fsp3) is 0.367. The van der Waals surface area contributed by atoms with Gasteiger partial charge in [0.25, 0.3) is 17.7 Å². The molecule has 10 heteroatoms. The third kappa shape index (κ3) is 6.12. The number of fused-ring (bicyclic) bond motifs is 1. The first-order valence-corrected chi connectivity index (χ1v) is 13.2. The maximum absolute atomic E-state index is 13.7. The van der Waals surface area contributed by atoms with Gasteiger partial charge in [-0.3, -0.25) is 19.4 Å². The lowest BCUT2D eigenvalue weighted by Crippen LogP contribution is -2.50. The number of carbonyl (C=O) groups excluding carboxylic acids is 3. The predicted molar refractivity (Wildman–Crippen MR) is 150 cm³/mol. The Morgan fingerprint density at radius 3 is 2.33 bits per heavy atom. The van der Waals surface area contributed by atoms with Crippen LogP contribution in [0.2, 0.25) is 0 Å². The minimum Gasteiger partial charge on any atom is -0.472 e. The lowest BCUT2D eigenvalue weighted by Gasteiger charge is -2.37. The van der Waals surface area contributed by atoms with Crippen LogP contribution in [0.5, 0.6) is 5.88 Å². The van der Waals surface area contributed by atoms with Crippen molar-refractivity contribution in [3.8, 4) is 17.0 Å². The van der Waals surface area contributed by atoms with Crippen LogP contribution in [-0.4, -0.2) is 100 Å². The van der Waals surface area contributed by atoms with Gasteiger partial charge >= 0.3 is 0 Å². The molecule has 0 bridgehead atoms. The number of hydrogen-bond donors (Lipinski definition) is 1. The Balaban J connectivity index is 1.67. The van der Waals surface area contributed by atoms with Crippen LogP contribution in [0, 0.1) is 5.92 Å². The predicted octanol–water partition coefficient (Wildman–Crippen LogP) is 2.84. The zero-order valence-corrected chi connectivity index (χ0v) is 23.4. The number of aliphatic hydroxyl groups excluding tert-OH is 1. The highest BCUT2D eigenvalue weighted by Crippen LogP contribution is 2.30. The van der Waals surface area contributed by atoms with Gasteiger partial charge in [0.2, 0.25) is 5.88 Å². The fourth-order valence-electron chi connectivity index (χ4n) is 4.61. The van der Waals surface area contributed by atoms with Crippen molar-refractivity contribution in [2.24, 2.45) is 5.92 Å². The first-order valence-electron chi connectivity index (χ1n) is 13.2. The van der Waals surface area contributed by atoms with E-state index in [2.05, 4.69) is 9.97 Å². The van der Waals surface area contributed by atoms with Gasteiger partial charge < -0.3 is 24.5 Å². The zero-order valence-electron chi connectivity index (χ0n) is 23.4. The van der Waals surface area contributed by atoms with E-state index in [1.165, 1.54) is 4.90 Å². The Morgan fingerprint density at radius 1 is 1.05 bits per heavy atom. The summed E-state index contributed by atoms with van der Waals surface area (Å²) in [6.45, 7) is 4.14. The first-order chi connectivity index (χ1) is 19.1. The molecular formula is C30H35N5O5. The average molecular weight is 546 g/mol. The van der Waals surface area contributed by atoms with Crippen LogP contribution in [0.1, 0.15) is 44.9 Å². The standard InChI is InChI=1S/C30H35N5O5/c1-19-16-35(20(2)18-36)30(39)25-14-24(21-6-8-22(9-7-21)28(37)33(3)4)15-32-27(25)40-26(19)17-34(5)29(38)23-10-12-31-13-11-23/h6-15,19-20,26,36H,16-18H2,1-5H3/t19-,20-,26+/m0/s1. The molecule has 1 aliphatic rings. The van der Waals surface area contributed by atoms with Crippen LogP contribution in [0.4, 0.5) is 0 Å².